The van der Waals surface area contributed by atoms with Gasteiger partial charge in [0, 0.05) is 0 Å². The average molecular weight is 256 g/mol. The maximum Gasteiger partial charge on any atom is 0.0898 e. The summed E-state index contributed by atoms with van der Waals surface area (Å²) in [5.74, 6) is 0. The van der Waals surface area contributed by atoms with Gasteiger partial charge in [0.05, 0.1) is 21.5 Å². The minimum atomic E-state index is 0.718. The summed E-state index contributed by atoms with van der Waals surface area (Å²) in [5, 5.41) is 0.718. The molecule has 1 radical (unpaired) electrons. The summed E-state index contributed by atoms with van der Waals surface area (Å²) in [6.07, 6.45) is 3.05. The van der Waals surface area contributed by atoms with Crippen LogP contribution in [0.3, 0.4) is 0 Å². The van der Waals surface area contributed by atoms with E-state index in [2.05, 4.69) is 22.1 Å². The van der Waals surface area contributed by atoms with Gasteiger partial charge in [0.1, 0.15) is 0 Å². The van der Waals surface area contributed by atoms with Crippen LogP contribution in [-0.2, 0) is 0 Å². The molecule has 1 aromatic carbocycles. The smallest absolute Gasteiger partial charge is 0.0898 e. The van der Waals surface area contributed by atoms with Gasteiger partial charge in [-0.2, -0.15) is 0 Å². The molecule has 0 aliphatic carbocycles. The normalized spacial score (nSPS) is 10.3. The summed E-state index contributed by atoms with van der Waals surface area (Å²) in [7, 11) is 0. The predicted octanol–water partition coefficient (Wildman–Crippen LogP) is 3.69. The fourth-order valence-electron chi connectivity index (χ4n) is 1.13. The Hall–Kier alpha value is -0.730. The van der Waals surface area contributed by atoms with Gasteiger partial charge >= 0.3 is 0 Å². The lowest BCUT2D eigenvalue weighted by Crippen LogP contribution is -1.92. The third-order valence-electron chi connectivity index (χ3n) is 1.73. The Morgan fingerprint density at radius 1 is 1.23 bits per heavy atom. The highest BCUT2D eigenvalue weighted by atomic mass is 79.9. The van der Waals surface area contributed by atoms with Crippen molar-refractivity contribution in [1.82, 2.24) is 4.57 Å². The second-order valence-corrected chi connectivity index (χ2v) is 3.79. The maximum absolute atomic E-state index is 6.03. The second-order valence-electron chi connectivity index (χ2n) is 2.57. The average Bonchev–Trinajstić information content (AvgIpc) is 2.52. The molecule has 0 atom stereocenters. The van der Waals surface area contributed by atoms with Gasteiger partial charge in [-0.15, -0.1) is 0 Å². The molecule has 13 heavy (non-hydrogen) atoms. The summed E-state index contributed by atoms with van der Waals surface area (Å²) >= 11 is 9.44. The first kappa shape index (κ1) is 8.85. The highest BCUT2D eigenvalue weighted by Gasteiger charge is 2.03. The second kappa shape index (κ2) is 3.56. The van der Waals surface area contributed by atoms with Crippen molar-refractivity contribution in [2.45, 2.75) is 0 Å². The van der Waals surface area contributed by atoms with Gasteiger partial charge < -0.3 is 4.57 Å². The molecule has 0 saturated heterocycles. The predicted molar refractivity (Wildman–Crippen MR) is 57.3 cm³/mol. The van der Waals surface area contributed by atoms with Crippen molar-refractivity contribution in [1.29, 1.82) is 0 Å². The van der Waals surface area contributed by atoms with Crippen LogP contribution in [0.1, 0.15) is 0 Å². The molecule has 1 aromatic heterocycles. The summed E-state index contributed by atoms with van der Waals surface area (Å²) in [5.41, 5.74) is 0.932. The molecule has 0 fully saturated rings. The van der Waals surface area contributed by atoms with Gasteiger partial charge in [-0.3, -0.25) is 0 Å². The Morgan fingerprint density at radius 3 is 2.62 bits per heavy atom. The monoisotopic (exact) mass is 254 g/mol. The molecule has 65 valence electrons. The van der Waals surface area contributed by atoms with Crippen molar-refractivity contribution in [3.63, 3.8) is 0 Å². The Labute approximate surface area is 90.1 Å². The number of aromatic nitrogens is 1. The quantitative estimate of drug-likeness (QED) is 0.732. The molecule has 2 rings (SSSR count). The van der Waals surface area contributed by atoms with Crippen molar-refractivity contribution >= 4 is 27.5 Å². The number of hydrogen-bond acceptors (Lipinski definition) is 0. The van der Waals surface area contributed by atoms with Crippen LogP contribution in [0.2, 0.25) is 5.02 Å². The zero-order chi connectivity index (χ0) is 9.26. The van der Waals surface area contributed by atoms with Gasteiger partial charge in [-0.1, -0.05) is 23.7 Å². The van der Waals surface area contributed by atoms with E-state index >= 15 is 0 Å². The maximum atomic E-state index is 6.03. The molecule has 1 heterocycles. The van der Waals surface area contributed by atoms with Crippen molar-refractivity contribution in [3.05, 3.63) is 52.2 Å². The molecular weight excluding hydrogens is 249 g/mol. The van der Waals surface area contributed by atoms with E-state index in [0.29, 0.717) is 0 Å². The fraction of sp³-hybridized carbons (Fsp3) is 0. The van der Waals surface area contributed by atoms with E-state index in [-0.39, 0.29) is 0 Å². The van der Waals surface area contributed by atoms with E-state index in [1.165, 1.54) is 0 Å². The van der Waals surface area contributed by atoms with Gasteiger partial charge in [-0.05, 0) is 40.2 Å². The van der Waals surface area contributed by atoms with E-state index in [1.807, 2.05) is 41.0 Å². The summed E-state index contributed by atoms with van der Waals surface area (Å²) < 4.78 is 2.81. The van der Waals surface area contributed by atoms with Crippen molar-refractivity contribution in [2.24, 2.45) is 0 Å². The lowest BCUT2D eigenvalue weighted by atomic mass is 10.3. The molecule has 0 aliphatic rings. The molecule has 0 spiro atoms. The molecule has 2 aromatic rings. The number of halogens is 2. The van der Waals surface area contributed by atoms with E-state index in [1.54, 1.807) is 0 Å². The highest BCUT2D eigenvalue weighted by Crippen LogP contribution is 2.23. The van der Waals surface area contributed by atoms with Crippen molar-refractivity contribution < 1.29 is 0 Å². The Morgan fingerprint density at radius 2 is 2.00 bits per heavy atom. The number of nitrogens with zero attached hydrogens (tertiary/aromatic N) is 1. The summed E-state index contributed by atoms with van der Waals surface area (Å²) in [6, 6.07) is 11.4. The van der Waals surface area contributed by atoms with Gasteiger partial charge in [0.2, 0.25) is 0 Å². The molecular formula is C10H6BrClN. The minimum Gasteiger partial charge on any atom is -0.301 e. The Balaban J connectivity index is 2.59. The zero-order valence-corrected chi connectivity index (χ0v) is 9.01. The van der Waals surface area contributed by atoms with Gasteiger partial charge in [0.25, 0.3) is 0 Å². The van der Waals surface area contributed by atoms with Crippen LogP contribution in [-0.4, -0.2) is 4.57 Å². The topological polar surface area (TPSA) is 4.93 Å². The lowest BCUT2D eigenvalue weighted by Gasteiger charge is -2.05. The molecule has 0 amide bonds. The number of rotatable bonds is 1. The molecule has 3 heteroatoms. The molecule has 0 aliphatic heterocycles. The number of para-hydroxylation sites is 1. The number of hydrogen-bond donors (Lipinski definition) is 0. The van der Waals surface area contributed by atoms with E-state index in [4.69, 9.17) is 11.6 Å². The van der Waals surface area contributed by atoms with Crippen LogP contribution in [0.15, 0.2) is 41.0 Å². The standard InChI is InChI=1S/C10H6BrClN/c11-10-6-3-7-13(10)9-5-2-1-4-8(9)12/h1-6H. The van der Waals surface area contributed by atoms with Crippen LogP contribution in [0.5, 0.6) is 0 Å². The third-order valence-corrected chi connectivity index (χ3v) is 2.67. The summed E-state index contributed by atoms with van der Waals surface area (Å²) in [6.45, 7) is 0. The largest absolute Gasteiger partial charge is 0.301 e. The first-order valence-electron chi connectivity index (χ1n) is 3.79. The highest BCUT2D eigenvalue weighted by molar-refractivity contribution is 9.10. The molecule has 0 unspecified atom stereocenters. The molecule has 0 N–H and O–H groups in total. The first-order chi connectivity index (χ1) is 6.29. The van der Waals surface area contributed by atoms with Crippen LogP contribution in [0.25, 0.3) is 5.69 Å². The molecule has 0 saturated carbocycles. The van der Waals surface area contributed by atoms with E-state index in [9.17, 15) is 0 Å². The zero-order valence-electron chi connectivity index (χ0n) is 6.67. The Kier molecular flexibility index (Phi) is 2.42. The van der Waals surface area contributed by atoms with E-state index < -0.39 is 0 Å². The summed E-state index contributed by atoms with van der Waals surface area (Å²) in [4.78, 5) is 0. The third kappa shape index (κ3) is 1.64. The van der Waals surface area contributed by atoms with Gasteiger partial charge in [-0.25, -0.2) is 0 Å². The SMILES string of the molecule is Clc1ccccc1-n1[c]ccc1Br. The first-order valence-corrected chi connectivity index (χ1v) is 4.96. The van der Waals surface area contributed by atoms with Crippen LogP contribution in [0.4, 0.5) is 0 Å². The molecule has 1 nitrogen and oxygen atoms in total. The number of benzene rings is 1. The van der Waals surface area contributed by atoms with Crippen molar-refractivity contribution in [3.8, 4) is 5.69 Å². The molecule has 0 bridgehead atoms. The minimum absolute atomic E-state index is 0.718. The Bertz CT molecular complexity index is 422. The van der Waals surface area contributed by atoms with Crippen molar-refractivity contribution in [2.75, 3.05) is 0 Å². The van der Waals surface area contributed by atoms with Gasteiger partial charge in [0.15, 0.2) is 0 Å². The lowest BCUT2D eigenvalue weighted by molar-refractivity contribution is 1.04. The van der Waals surface area contributed by atoms with E-state index in [0.717, 1.165) is 15.3 Å². The fourth-order valence-corrected chi connectivity index (χ4v) is 1.78. The van der Waals surface area contributed by atoms with Crippen LogP contribution < -0.4 is 0 Å². The van der Waals surface area contributed by atoms with Crippen LogP contribution >= 0.6 is 27.5 Å². The van der Waals surface area contributed by atoms with Crippen LogP contribution in [0, 0.1) is 6.20 Å².